The number of aromatic nitrogens is 1. The number of esters is 1. The molecule has 3 heterocycles. The highest BCUT2D eigenvalue weighted by molar-refractivity contribution is 7.18. The first-order valence-electron chi connectivity index (χ1n) is 7.35. The molecule has 8 nitrogen and oxygen atoms in total. The van der Waals surface area contributed by atoms with Crippen molar-refractivity contribution in [3.8, 4) is 0 Å². The van der Waals surface area contributed by atoms with Crippen molar-refractivity contribution in [2.24, 2.45) is 0 Å². The van der Waals surface area contributed by atoms with Gasteiger partial charge in [0.1, 0.15) is 4.88 Å². The van der Waals surface area contributed by atoms with Crippen molar-refractivity contribution in [1.82, 2.24) is 4.98 Å². The Labute approximate surface area is 155 Å². The Morgan fingerprint density at radius 2 is 2.08 bits per heavy atom. The standard InChI is InChI=1S/C16H13N3O5S2/c1-9-8-25-16(17-9)18-12(20)7-24-15(22)11-4-5-13(26-11)19-14(21)10-3-2-6-23-10/h2-6,8H,7H2,1H3,(H,19,21)(H,17,18,20). The van der Waals surface area contributed by atoms with Crippen LogP contribution in [0.5, 0.6) is 0 Å². The lowest BCUT2D eigenvalue weighted by molar-refractivity contribution is -0.119. The van der Waals surface area contributed by atoms with Crippen LogP contribution >= 0.6 is 22.7 Å². The van der Waals surface area contributed by atoms with E-state index < -0.39 is 24.4 Å². The Hall–Kier alpha value is -2.98. The summed E-state index contributed by atoms with van der Waals surface area (Å²) in [5.41, 5.74) is 0.796. The van der Waals surface area contributed by atoms with Gasteiger partial charge in [-0.2, -0.15) is 0 Å². The number of nitrogens with one attached hydrogen (secondary N) is 2. The number of ether oxygens (including phenoxy) is 1. The van der Waals surface area contributed by atoms with Gasteiger partial charge in [-0.15, -0.1) is 22.7 Å². The third kappa shape index (κ3) is 4.55. The van der Waals surface area contributed by atoms with Crippen molar-refractivity contribution in [2.75, 3.05) is 17.2 Å². The summed E-state index contributed by atoms with van der Waals surface area (Å²) in [5, 5.41) is 7.86. The number of thiazole rings is 1. The molecule has 0 bridgehead atoms. The van der Waals surface area contributed by atoms with E-state index in [1.54, 1.807) is 17.5 Å². The van der Waals surface area contributed by atoms with E-state index in [4.69, 9.17) is 9.15 Å². The predicted octanol–water partition coefficient (Wildman–Crippen LogP) is 3.15. The molecule has 134 valence electrons. The van der Waals surface area contributed by atoms with E-state index in [0.717, 1.165) is 17.0 Å². The number of carbonyl (C=O) groups excluding carboxylic acids is 3. The summed E-state index contributed by atoms with van der Waals surface area (Å²) >= 11 is 2.32. The van der Waals surface area contributed by atoms with E-state index in [9.17, 15) is 14.4 Å². The summed E-state index contributed by atoms with van der Waals surface area (Å²) in [6, 6.07) is 6.21. The molecule has 0 aliphatic rings. The van der Waals surface area contributed by atoms with E-state index in [1.807, 2.05) is 6.92 Å². The number of rotatable bonds is 6. The zero-order valence-electron chi connectivity index (χ0n) is 13.5. The topological polar surface area (TPSA) is 111 Å². The largest absolute Gasteiger partial charge is 0.459 e. The first kappa shape index (κ1) is 17.8. The second kappa shape index (κ2) is 7.93. The van der Waals surface area contributed by atoms with Crippen molar-refractivity contribution in [3.05, 3.63) is 52.2 Å². The summed E-state index contributed by atoms with van der Waals surface area (Å²) in [6.07, 6.45) is 1.39. The van der Waals surface area contributed by atoms with Crippen molar-refractivity contribution in [3.63, 3.8) is 0 Å². The Kier molecular flexibility index (Phi) is 5.44. The van der Waals surface area contributed by atoms with Crippen LogP contribution in [0.3, 0.4) is 0 Å². The minimum atomic E-state index is -0.654. The number of carbonyl (C=O) groups is 3. The minimum Gasteiger partial charge on any atom is -0.459 e. The molecule has 10 heteroatoms. The van der Waals surface area contributed by atoms with Gasteiger partial charge in [0.2, 0.25) is 0 Å². The van der Waals surface area contributed by atoms with Gasteiger partial charge in [-0.1, -0.05) is 0 Å². The van der Waals surface area contributed by atoms with Gasteiger partial charge in [0.05, 0.1) is 17.0 Å². The first-order chi connectivity index (χ1) is 12.5. The number of anilines is 2. The molecule has 0 unspecified atom stereocenters. The molecular formula is C16H13N3O5S2. The lowest BCUT2D eigenvalue weighted by Gasteiger charge is -2.03. The number of nitrogens with zero attached hydrogens (tertiary/aromatic N) is 1. The van der Waals surface area contributed by atoms with Gasteiger partial charge in [0.15, 0.2) is 17.5 Å². The van der Waals surface area contributed by atoms with Gasteiger partial charge in [0, 0.05) is 5.38 Å². The molecule has 0 spiro atoms. The van der Waals surface area contributed by atoms with Gasteiger partial charge in [-0.25, -0.2) is 9.78 Å². The molecule has 0 fully saturated rings. The Morgan fingerprint density at radius 1 is 1.23 bits per heavy atom. The zero-order valence-corrected chi connectivity index (χ0v) is 15.1. The van der Waals surface area contributed by atoms with E-state index in [0.29, 0.717) is 10.1 Å². The lowest BCUT2D eigenvalue weighted by atomic mass is 10.4. The maximum atomic E-state index is 12.0. The maximum Gasteiger partial charge on any atom is 0.348 e. The molecule has 3 aromatic rings. The van der Waals surface area contributed by atoms with Crippen LogP contribution in [0.1, 0.15) is 25.9 Å². The molecule has 0 aliphatic carbocycles. The van der Waals surface area contributed by atoms with Gasteiger partial charge >= 0.3 is 5.97 Å². The van der Waals surface area contributed by atoms with Gasteiger partial charge in [-0.3, -0.25) is 14.9 Å². The average molecular weight is 391 g/mol. The first-order valence-corrected chi connectivity index (χ1v) is 9.04. The molecule has 3 aromatic heterocycles. The SMILES string of the molecule is Cc1csc(NC(=O)COC(=O)c2ccc(NC(=O)c3ccco3)s2)n1. The zero-order chi connectivity index (χ0) is 18.5. The van der Waals surface area contributed by atoms with Gasteiger partial charge < -0.3 is 14.5 Å². The molecule has 0 aromatic carbocycles. The number of thiophene rings is 1. The van der Waals surface area contributed by atoms with E-state index in [2.05, 4.69) is 15.6 Å². The Morgan fingerprint density at radius 3 is 2.77 bits per heavy atom. The molecule has 0 atom stereocenters. The van der Waals surface area contributed by atoms with Crippen LogP contribution in [0.15, 0.2) is 40.3 Å². The molecule has 2 N–H and O–H groups in total. The number of hydrogen-bond acceptors (Lipinski definition) is 8. The fraction of sp³-hybridized carbons (Fsp3) is 0.125. The summed E-state index contributed by atoms with van der Waals surface area (Å²) in [7, 11) is 0. The van der Waals surface area contributed by atoms with Gasteiger partial charge in [-0.05, 0) is 31.2 Å². The van der Waals surface area contributed by atoms with Crippen LogP contribution in [0.2, 0.25) is 0 Å². The normalized spacial score (nSPS) is 10.3. The predicted molar refractivity (Wildman–Crippen MR) is 96.7 cm³/mol. The highest BCUT2D eigenvalue weighted by Gasteiger charge is 2.16. The van der Waals surface area contributed by atoms with Crippen molar-refractivity contribution in [1.29, 1.82) is 0 Å². The fourth-order valence-electron chi connectivity index (χ4n) is 1.86. The summed E-state index contributed by atoms with van der Waals surface area (Å²) < 4.78 is 9.95. The van der Waals surface area contributed by atoms with Crippen LogP contribution in [-0.2, 0) is 9.53 Å². The molecule has 0 radical (unpaired) electrons. The number of aryl methyl sites for hydroxylation is 1. The second-order valence-corrected chi connectivity index (χ2v) is 6.96. The number of furan rings is 1. The second-order valence-electron chi connectivity index (χ2n) is 5.01. The average Bonchev–Trinajstić information content (AvgIpc) is 3.34. The molecule has 26 heavy (non-hydrogen) atoms. The van der Waals surface area contributed by atoms with Crippen molar-refractivity contribution < 1.29 is 23.5 Å². The number of amides is 2. The van der Waals surface area contributed by atoms with E-state index in [-0.39, 0.29) is 10.6 Å². The van der Waals surface area contributed by atoms with Crippen LogP contribution in [0.4, 0.5) is 10.1 Å². The molecule has 0 aliphatic heterocycles. The molecule has 3 rings (SSSR count). The molecule has 0 saturated carbocycles. The van der Waals surface area contributed by atoms with Crippen LogP contribution < -0.4 is 10.6 Å². The lowest BCUT2D eigenvalue weighted by Crippen LogP contribution is -2.20. The van der Waals surface area contributed by atoms with Crippen LogP contribution in [0.25, 0.3) is 0 Å². The van der Waals surface area contributed by atoms with Gasteiger partial charge in [0.25, 0.3) is 11.8 Å². The summed E-state index contributed by atoms with van der Waals surface area (Å²) in [4.78, 5) is 40.0. The smallest absolute Gasteiger partial charge is 0.348 e. The monoisotopic (exact) mass is 391 g/mol. The quantitative estimate of drug-likeness (QED) is 0.625. The third-order valence-corrected chi connectivity index (χ3v) is 4.84. The highest BCUT2D eigenvalue weighted by atomic mass is 32.1. The van der Waals surface area contributed by atoms with E-state index in [1.165, 1.54) is 29.7 Å². The highest BCUT2D eigenvalue weighted by Crippen LogP contribution is 2.23. The maximum absolute atomic E-state index is 12.0. The third-order valence-electron chi connectivity index (χ3n) is 2.99. The minimum absolute atomic E-state index is 0.164. The summed E-state index contributed by atoms with van der Waals surface area (Å²) in [6.45, 7) is 1.38. The van der Waals surface area contributed by atoms with Crippen LogP contribution in [-0.4, -0.2) is 29.4 Å². The molecular weight excluding hydrogens is 378 g/mol. The fourth-order valence-corrected chi connectivity index (χ4v) is 3.36. The molecule has 2 amide bonds. The van der Waals surface area contributed by atoms with Crippen molar-refractivity contribution >= 4 is 50.6 Å². The van der Waals surface area contributed by atoms with Crippen LogP contribution in [0, 0.1) is 6.92 Å². The Balaban J connectivity index is 1.50. The van der Waals surface area contributed by atoms with E-state index >= 15 is 0 Å². The molecule has 0 saturated heterocycles. The number of hydrogen-bond donors (Lipinski definition) is 2. The summed E-state index contributed by atoms with van der Waals surface area (Å²) in [5.74, 6) is -1.39. The van der Waals surface area contributed by atoms with Crippen molar-refractivity contribution in [2.45, 2.75) is 6.92 Å². The Bertz CT molecular complexity index is 930.